The Morgan fingerprint density at radius 3 is 1.38 bits per heavy atom. The van der Waals surface area contributed by atoms with Crippen molar-refractivity contribution in [2.75, 3.05) is 52.9 Å². The van der Waals surface area contributed by atoms with Gasteiger partial charge in [0.25, 0.3) is 0 Å². The molecule has 0 unspecified atom stereocenters. The lowest BCUT2D eigenvalue weighted by Gasteiger charge is -2.32. The molecule has 1 aliphatic rings. The van der Waals surface area contributed by atoms with Gasteiger partial charge in [-0.25, -0.2) is 0 Å². The second kappa shape index (κ2) is 22.8. The normalized spacial score (nSPS) is 14.9. The first-order chi connectivity index (χ1) is 16.7. The zero-order valence-electron chi connectivity index (χ0n) is 23.6. The number of carbonyl (C=O) groups excluding carboxylic acids is 1. The predicted molar refractivity (Wildman–Crippen MR) is 150 cm³/mol. The zero-order chi connectivity index (χ0) is 24.7. The summed E-state index contributed by atoms with van der Waals surface area (Å²) in [4.78, 5) is 19.6. The van der Waals surface area contributed by atoms with E-state index in [2.05, 4.69) is 35.6 Å². The number of nitrogens with zero attached hydrogens (tertiary/aromatic N) is 3. The summed E-state index contributed by atoms with van der Waals surface area (Å²) in [6.07, 6.45) is 25.3. The summed E-state index contributed by atoms with van der Waals surface area (Å²) in [5.74, 6) is 0.380. The molecule has 1 fully saturated rings. The number of likely N-dealkylation sites (N-methyl/N-ethyl adjacent to an activating group) is 1. The molecule has 4 heteroatoms. The zero-order valence-corrected chi connectivity index (χ0v) is 23.6. The van der Waals surface area contributed by atoms with E-state index in [0.29, 0.717) is 5.91 Å². The third kappa shape index (κ3) is 17.8. The van der Waals surface area contributed by atoms with E-state index < -0.39 is 0 Å². The Kier molecular flexibility index (Phi) is 21.1. The molecule has 0 saturated carbocycles. The van der Waals surface area contributed by atoms with Gasteiger partial charge in [-0.05, 0) is 52.4 Å². The maximum atomic E-state index is 12.5. The molecule has 1 aliphatic heterocycles. The smallest absolute Gasteiger partial charge is 0.222 e. The van der Waals surface area contributed by atoms with Gasteiger partial charge in [-0.1, -0.05) is 104 Å². The second-order valence-electron chi connectivity index (χ2n) is 10.9. The van der Waals surface area contributed by atoms with Gasteiger partial charge in [0.05, 0.1) is 0 Å². The van der Waals surface area contributed by atoms with Crippen LogP contribution in [0.4, 0.5) is 0 Å². The van der Waals surface area contributed by atoms with Crippen LogP contribution in [0, 0.1) is 0 Å². The Hall–Kier alpha value is -0.610. The van der Waals surface area contributed by atoms with Crippen molar-refractivity contribution in [2.24, 2.45) is 0 Å². The first kappa shape index (κ1) is 31.4. The third-order valence-corrected chi connectivity index (χ3v) is 7.63. The number of amides is 1. The van der Waals surface area contributed by atoms with Gasteiger partial charge in [0.15, 0.2) is 0 Å². The highest BCUT2D eigenvalue weighted by Gasteiger charge is 2.18. The van der Waals surface area contributed by atoms with Gasteiger partial charge in [0.2, 0.25) is 5.91 Å². The highest BCUT2D eigenvalue weighted by molar-refractivity contribution is 5.76. The van der Waals surface area contributed by atoms with Crippen LogP contribution >= 0.6 is 0 Å². The van der Waals surface area contributed by atoms with E-state index in [0.717, 1.165) is 39.0 Å². The molecule has 1 saturated heterocycles. The van der Waals surface area contributed by atoms with E-state index in [1.807, 2.05) is 0 Å². The fraction of sp³-hybridized carbons (Fsp3) is 0.967. The van der Waals surface area contributed by atoms with Crippen LogP contribution in [-0.2, 0) is 4.79 Å². The van der Waals surface area contributed by atoms with Crippen molar-refractivity contribution in [1.29, 1.82) is 0 Å². The minimum atomic E-state index is 0.380. The van der Waals surface area contributed by atoms with Crippen molar-refractivity contribution in [3.8, 4) is 0 Å². The van der Waals surface area contributed by atoms with Gasteiger partial charge < -0.3 is 14.7 Å². The van der Waals surface area contributed by atoms with Gasteiger partial charge in [0, 0.05) is 32.6 Å². The fourth-order valence-electron chi connectivity index (χ4n) is 5.10. The Balaban J connectivity index is 2.19. The molecular weight excluding hydrogens is 418 g/mol. The Labute approximate surface area is 214 Å². The van der Waals surface area contributed by atoms with Crippen molar-refractivity contribution < 1.29 is 4.79 Å². The highest BCUT2D eigenvalue weighted by Crippen LogP contribution is 2.12. The molecule has 1 rings (SSSR count). The third-order valence-electron chi connectivity index (χ3n) is 7.63. The number of carbonyl (C=O) groups is 1. The highest BCUT2D eigenvalue weighted by atomic mass is 16.2. The minimum Gasteiger partial charge on any atom is -0.340 e. The van der Waals surface area contributed by atoms with Crippen LogP contribution in [0.15, 0.2) is 0 Å². The van der Waals surface area contributed by atoms with E-state index in [9.17, 15) is 4.79 Å². The average Bonchev–Trinajstić information content (AvgIpc) is 2.84. The molecular formula is C30H61N3O. The van der Waals surface area contributed by atoms with Gasteiger partial charge in [-0.3, -0.25) is 4.79 Å². The SMILES string of the molecule is CCCCCCCCCCN(CCCCCCCCCC)CCCCC(=O)N1CCN(C)CC1. The lowest BCUT2D eigenvalue weighted by atomic mass is 10.1. The summed E-state index contributed by atoms with van der Waals surface area (Å²) in [5.41, 5.74) is 0. The van der Waals surface area contributed by atoms with Crippen molar-refractivity contribution in [3.63, 3.8) is 0 Å². The first-order valence-corrected chi connectivity index (χ1v) is 15.4. The van der Waals surface area contributed by atoms with Crippen molar-refractivity contribution >= 4 is 5.91 Å². The van der Waals surface area contributed by atoms with Crippen LogP contribution in [0.1, 0.15) is 136 Å². The number of hydrogen-bond donors (Lipinski definition) is 0. The van der Waals surface area contributed by atoms with Crippen LogP contribution in [0.25, 0.3) is 0 Å². The molecule has 0 aliphatic carbocycles. The van der Waals surface area contributed by atoms with Crippen LogP contribution in [0.5, 0.6) is 0 Å². The van der Waals surface area contributed by atoms with Gasteiger partial charge in [0.1, 0.15) is 0 Å². The van der Waals surface area contributed by atoms with E-state index in [1.165, 1.54) is 129 Å². The average molecular weight is 480 g/mol. The fourth-order valence-corrected chi connectivity index (χ4v) is 5.10. The molecule has 0 spiro atoms. The number of unbranched alkanes of at least 4 members (excludes halogenated alkanes) is 15. The van der Waals surface area contributed by atoms with Crippen LogP contribution in [-0.4, -0.2) is 73.5 Å². The van der Waals surface area contributed by atoms with Crippen molar-refractivity contribution in [2.45, 2.75) is 136 Å². The number of rotatable bonds is 23. The molecule has 0 N–H and O–H groups in total. The van der Waals surface area contributed by atoms with Gasteiger partial charge >= 0.3 is 0 Å². The molecule has 4 nitrogen and oxygen atoms in total. The molecule has 0 aromatic carbocycles. The summed E-state index contributed by atoms with van der Waals surface area (Å²) >= 11 is 0. The van der Waals surface area contributed by atoms with Crippen LogP contribution in [0.3, 0.4) is 0 Å². The molecule has 1 amide bonds. The molecule has 0 radical (unpaired) electrons. The first-order valence-electron chi connectivity index (χ1n) is 15.4. The number of piperazine rings is 1. The maximum Gasteiger partial charge on any atom is 0.222 e. The standard InChI is InChI=1S/C30H61N3O/c1-4-6-8-10-12-14-16-19-23-32(24-20-17-15-13-11-9-7-5-2)25-21-18-22-30(34)33-28-26-31(3)27-29-33/h4-29H2,1-3H3. The van der Waals surface area contributed by atoms with Gasteiger partial charge in [-0.15, -0.1) is 0 Å². The monoisotopic (exact) mass is 479 g/mol. The molecule has 1 heterocycles. The van der Waals surface area contributed by atoms with Crippen LogP contribution in [0.2, 0.25) is 0 Å². The Bertz CT molecular complexity index is 428. The molecule has 34 heavy (non-hydrogen) atoms. The van der Waals surface area contributed by atoms with E-state index in [-0.39, 0.29) is 0 Å². The van der Waals surface area contributed by atoms with E-state index in [4.69, 9.17) is 0 Å². The summed E-state index contributed by atoms with van der Waals surface area (Å²) in [5, 5.41) is 0. The summed E-state index contributed by atoms with van der Waals surface area (Å²) < 4.78 is 0. The largest absolute Gasteiger partial charge is 0.340 e. The maximum absolute atomic E-state index is 12.5. The molecule has 0 atom stereocenters. The van der Waals surface area contributed by atoms with E-state index >= 15 is 0 Å². The van der Waals surface area contributed by atoms with Crippen molar-refractivity contribution in [1.82, 2.24) is 14.7 Å². The summed E-state index contributed by atoms with van der Waals surface area (Å²) in [7, 11) is 2.15. The quantitative estimate of drug-likeness (QED) is 0.142. The van der Waals surface area contributed by atoms with E-state index in [1.54, 1.807) is 0 Å². The molecule has 0 aromatic heterocycles. The molecule has 202 valence electrons. The molecule has 0 bridgehead atoms. The number of hydrogen-bond acceptors (Lipinski definition) is 3. The summed E-state index contributed by atoms with van der Waals surface area (Å²) in [6.45, 7) is 12.2. The van der Waals surface area contributed by atoms with Gasteiger partial charge in [-0.2, -0.15) is 0 Å². The van der Waals surface area contributed by atoms with Crippen LogP contribution < -0.4 is 0 Å². The topological polar surface area (TPSA) is 26.8 Å². The lowest BCUT2D eigenvalue weighted by Crippen LogP contribution is -2.47. The Morgan fingerprint density at radius 2 is 0.941 bits per heavy atom. The second-order valence-corrected chi connectivity index (χ2v) is 10.9. The predicted octanol–water partition coefficient (Wildman–Crippen LogP) is 7.51. The Morgan fingerprint density at radius 1 is 0.559 bits per heavy atom. The van der Waals surface area contributed by atoms with Crippen molar-refractivity contribution in [3.05, 3.63) is 0 Å². The summed E-state index contributed by atoms with van der Waals surface area (Å²) in [6, 6.07) is 0. The lowest BCUT2D eigenvalue weighted by molar-refractivity contribution is -0.132. The minimum absolute atomic E-state index is 0.380. The molecule has 0 aromatic rings.